The number of hydrogen-bond donors (Lipinski definition) is 0. The smallest absolute Gasteiger partial charge is 0.0625 e. The largest absolute Gasteiger partial charge is 0.269 e. The van der Waals surface area contributed by atoms with Gasteiger partial charge in [0.2, 0.25) is 0 Å². The molecule has 0 fully saturated rings. The van der Waals surface area contributed by atoms with E-state index in [9.17, 15) is 0 Å². The van der Waals surface area contributed by atoms with E-state index in [1.165, 1.54) is 17.0 Å². The van der Waals surface area contributed by atoms with Gasteiger partial charge in [-0.15, -0.1) is 0 Å². The average molecular weight is 166 g/mol. The van der Waals surface area contributed by atoms with Gasteiger partial charge >= 0.3 is 0 Å². The molecule has 68 valence electrons. The van der Waals surface area contributed by atoms with E-state index in [0.29, 0.717) is 5.92 Å². The van der Waals surface area contributed by atoms with Gasteiger partial charge in [0.15, 0.2) is 0 Å². The minimum atomic E-state index is 0.575. The zero-order chi connectivity index (χ0) is 9.30. The van der Waals surface area contributed by atoms with E-state index < -0.39 is 0 Å². The molecule has 1 rings (SSSR count). The number of aryl methyl sites for hydroxylation is 2. The van der Waals surface area contributed by atoms with Crippen LogP contribution in [0.2, 0.25) is 0 Å². The van der Waals surface area contributed by atoms with Crippen molar-refractivity contribution < 1.29 is 0 Å². The Bertz CT molecular complexity index is 272. The van der Waals surface area contributed by atoms with E-state index >= 15 is 0 Å². The third kappa shape index (κ3) is 1.38. The van der Waals surface area contributed by atoms with Crippen LogP contribution in [-0.2, 0) is 6.54 Å². The maximum atomic E-state index is 4.47. The average Bonchev–Trinajstić information content (AvgIpc) is 2.28. The molecule has 12 heavy (non-hydrogen) atoms. The van der Waals surface area contributed by atoms with Crippen LogP contribution in [0.5, 0.6) is 0 Å². The maximum absolute atomic E-state index is 4.47. The van der Waals surface area contributed by atoms with Crippen LogP contribution in [0.1, 0.15) is 43.6 Å². The summed E-state index contributed by atoms with van der Waals surface area (Å²) in [4.78, 5) is 0. The Hall–Kier alpha value is -0.790. The minimum absolute atomic E-state index is 0.575. The highest BCUT2D eigenvalue weighted by atomic mass is 15.3. The summed E-state index contributed by atoms with van der Waals surface area (Å²) in [6.45, 7) is 11.8. The standard InChI is InChI=1S/C10H18N2/c1-6-12-10(7(2)3)8(4)9(5)11-12/h7H,6H2,1-5H3. The Kier molecular flexibility index (Phi) is 2.55. The molecule has 0 amide bonds. The minimum Gasteiger partial charge on any atom is -0.269 e. The van der Waals surface area contributed by atoms with E-state index in [4.69, 9.17) is 0 Å². The van der Waals surface area contributed by atoms with Crippen molar-refractivity contribution in [2.24, 2.45) is 0 Å². The van der Waals surface area contributed by atoms with Crippen LogP contribution in [0.15, 0.2) is 0 Å². The lowest BCUT2D eigenvalue weighted by Crippen LogP contribution is -2.04. The van der Waals surface area contributed by atoms with Gasteiger partial charge in [0.1, 0.15) is 0 Å². The van der Waals surface area contributed by atoms with Crippen molar-refractivity contribution in [2.75, 3.05) is 0 Å². The summed E-state index contributed by atoms with van der Waals surface area (Å²) >= 11 is 0. The third-order valence-corrected chi connectivity index (χ3v) is 2.32. The summed E-state index contributed by atoms with van der Waals surface area (Å²) < 4.78 is 2.11. The Morgan fingerprint density at radius 3 is 2.25 bits per heavy atom. The molecule has 0 unspecified atom stereocenters. The van der Waals surface area contributed by atoms with Crippen molar-refractivity contribution in [3.8, 4) is 0 Å². The molecule has 0 saturated carbocycles. The second-order valence-electron chi connectivity index (χ2n) is 3.57. The second kappa shape index (κ2) is 3.30. The highest BCUT2D eigenvalue weighted by Gasteiger charge is 2.12. The van der Waals surface area contributed by atoms with E-state index in [-0.39, 0.29) is 0 Å². The molecule has 0 aliphatic carbocycles. The molecule has 1 heterocycles. The summed E-state index contributed by atoms with van der Waals surface area (Å²) in [5, 5.41) is 4.47. The van der Waals surface area contributed by atoms with Crippen LogP contribution < -0.4 is 0 Å². The van der Waals surface area contributed by atoms with Gasteiger partial charge < -0.3 is 0 Å². The lowest BCUT2D eigenvalue weighted by Gasteiger charge is -2.08. The fraction of sp³-hybridized carbons (Fsp3) is 0.700. The summed E-state index contributed by atoms with van der Waals surface area (Å²) in [7, 11) is 0. The molecule has 2 heteroatoms. The molecule has 1 aromatic rings. The Morgan fingerprint density at radius 1 is 1.33 bits per heavy atom. The van der Waals surface area contributed by atoms with Crippen LogP contribution in [0.4, 0.5) is 0 Å². The summed E-state index contributed by atoms with van der Waals surface area (Å²) in [6, 6.07) is 0. The SMILES string of the molecule is CCn1nc(C)c(C)c1C(C)C. The molecule has 0 bridgehead atoms. The predicted molar refractivity (Wildman–Crippen MR) is 51.5 cm³/mol. The molecule has 0 aliphatic rings. The van der Waals surface area contributed by atoms with Gasteiger partial charge in [0.05, 0.1) is 5.69 Å². The van der Waals surface area contributed by atoms with E-state index in [1.54, 1.807) is 0 Å². The first-order valence-electron chi connectivity index (χ1n) is 4.61. The zero-order valence-corrected chi connectivity index (χ0v) is 8.68. The van der Waals surface area contributed by atoms with E-state index in [1.807, 2.05) is 0 Å². The van der Waals surface area contributed by atoms with Crippen molar-refractivity contribution in [3.63, 3.8) is 0 Å². The second-order valence-corrected chi connectivity index (χ2v) is 3.57. The molecule has 0 aromatic carbocycles. The predicted octanol–water partition coefficient (Wildman–Crippen LogP) is 2.64. The monoisotopic (exact) mass is 166 g/mol. The maximum Gasteiger partial charge on any atom is 0.0625 e. The van der Waals surface area contributed by atoms with Crippen molar-refractivity contribution in [2.45, 2.75) is 47.1 Å². The zero-order valence-electron chi connectivity index (χ0n) is 8.68. The Morgan fingerprint density at radius 2 is 1.92 bits per heavy atom. The van der Waals surface area contributed by atoms with Gasteiger partial charge in [-0.25, -0.2) is 0 Å². The van der Waals surface area contributed by atoms with Gasteiger partial charge in [-0.3, -0.25) is 4.68 Å². The van der Waals surface area contributed by atoms with Crippen molar-refractivity contribution in [3.05, 3.63) is 17.0 Å². The molecular weight excluding hydrogens is 148 g/mol. The first-order chi connectivity index (χ1) is 5.57. The highest BCUT2D eigenvalue weighted by molar-refractivity contribution is 5.26. The van der Waals surface area contributed by atoms with Crippen LogP contribution in [0.3, 0.4) is 0 Å². The van der Waals surface area contributed by atoms with Gasteiger partial charge in [0, 0.05) is 12.2 Å². The molecule has 0 radical (unpaired) electrons. The number of hydrogen-bond acceptors (Lipinski definition) is 1. The number of nitrogens with zero attached hydrogens (tertiary/aromatic N) is 2. The number of aromatic nitrogens is 2. The van der Waals surface area contributed by atoms with Crippen LogP contribution in [-0.4, -0.2) is 9.78 Å². The topological polar surface area (TPSA) is 17.8 Å². The number of rotatable bonds is 2. The Balaban J connectivity index is 3.21. The van der Waals surface area contributed by atoms with Crippen LogP contribution in [0, 0.1) is 13.8 Å². The lowest BCUT2D eigenvalue weighted by molar-refractivity contribution is 0.593. The van der Waals surface area contributed by atoms with Gasteiger partial charge in [-0.2, -0.15) is 5.10 Å². The fourth-order valence-corrected chi connectivity index (χ4v) is 1.66. The quantitative estimate of drug-likeness (QED) is 0.660. The fourth-order valence-electron chi connectivity index (χ4n) is 1.66. The molecular formula is C10H18N2. The molecule has 0 spiro atoms. The third-order valence-electron chi connectivity index (χ3n) is 2.32. The van der Waals surface area contributed by atoms with Crippen molar-refractivity contribution in [1.82, 2.24) is 9.78 Å². The van der Waals surface area contributed by atoms with E-state index in [0.717, 1.165) is 6.54 Å². The molecule has 1 aromatic heterocycles. The van der Waals surface area contributed by atoms with Gasteiger partial charge in [-0.1, -0.05) is 13.8 Å². The molecule has 0 N–H and O–H groups in total. The Labute approximate surface area is 74.6 Å². The molecule has 0 aliphatic heterocycles. The normalized spacial score (nSPS) is 11.2. The van der Waals surface area contributed by atoms with E-state index in [2.05, 4.69) is 44.4 Å². The summed E-state index contributed by atoms with van der Waals surface area (Å²) in [5.74, 6) is 0.575. The highest BCUT2D eigenvalue weighted by Crippen LogP contribution is 2.21. The van der Waals surface area contributed by atoms with Crippen LogP contribution in [0.25, 0.3) is 0 Å². The summed E-state index contributed by atoms with van der Waals surface area (Å²) in [5.41, 5.74) is 3.90. The first kappa shape index (κ1) is 9.30. The van der Waals surface area contributed by atoms with Crippen molar-refractivity contribution in [1.29, 1.82) is 0 Å². The molecule has 0 atom stereocenters. The molecule has 0 saturated heterocycles. The first-order valence-corrected chi connectivity index (χ1v) is 4.61. The summed E-state index contributed by atoms with van der Waals surface area (Å²) in [6.07, 6.45) is 0. The molecule has 2 nitrogen and oxygen atoms in total. The van der Waals surface area contributed by atoms with Gasteiger partial charge in [0.25, 0.3) is 0 Å². The van der Waals surface area contributed by atoms with Crippen LogP contribution >= 0.6 is 0 Å². The lowest BCUT2D eigenvalue weighted by atomic mass is 10.1. The van der Waals surface area contributed by atoms with Gasteiger partial charge in [-0.05, 0) is 32.3 Å². The van der Waals surface area contributed by atoms with Crippen molar-refractivity contribution >= 4 is 0 Å².